The highest BCUT2D eigenvalue weighted by Gasteiger charge is 2.09. The second kappa shape index (κ2) is 7.55. The number of rotatable bonds is 6. The third-order valence-corrected chi connectivity index (χ3v) is 4.17. The highest BCUT2D eigenvalue weighted by molar-refractivity contribution is 7.99. The van der Waals surface area contributed by atoms with Crippen molar-refractivity contribution in [3.63, 3.8) is 0 Å². The van der Waals surface area contributed by atoms with Crippen LogP contribution in [0.4, 0.5) is 5.82 Å². The molecule has 3 rings (SSSR count). The Morgan fingerprint density at radius 3 is 3.00 bits per heavy atom. The van der Waals surface area contributed by atoms with Crippen LogP contribution in [0.2, 0.25) is 5.02 Å². The zero-order chi connectivity index (χ0) is 16.9. The molecule has 0 aliphatic heterocycles. The zero-order valence-corrected chi connectivity index (χ0v) is 14.4. The average Bonchev–Trinajstić information content (AvgIpc) is 2.98. The zero-order valence-electron chi connectivity index (χ0n) is 12.9. The first-order valence-corrected chi connectivity index (χ1v) is 8.67. The first-order chi connectivity index (χ1) is 11.6. The van der Waals surface area contributed by atoms with Crippen LogP contribution < -0.4 is 10.1 Å². The van der Waals surface area contributed by atoms with Gasteiger partial charge in [-0.3, -0.25) is 4.79 Å². The van der Waals surface area contributed by atoms with Gasteiger partial charge in [0.1, 0.15) is 11.6 Å². The number of aromatic nitrogens is 3. The van der Waals surface area contributed by atoms with Crippen molar-refractivity contribution in [3.8, 4) is 5.75 Å². The molecule has 0 saturated heterocycles. The molecule has 0 atom stereocenters. The van der Waals surface area contributed by atoms with Crippen molar-refractivity contribution < 1.29 is 9.53 Å². The van der Waals surface area contributed by atoms with E-state index in [2.05, 4.69) is 20.3 Å². The van der Waals surface area contributed by atoms with Crippen molar-refractivity contribution in [2.24, 2.45) is 0 Å². The van der Waals surface area contributed by atoms with Crippen LogP contribution in [0, 0.1) is 0 Å². The molecule has 1 amide bonds. The first-order valence-electron chi connectivity index (χ1n) is 7.31. The number of carbonyl (C=O) groups is 1. The molecule has 0 bridgehead atoms. The van der Waals surface area contributed by atoms with Gasteiger partial charge in [-0.05, 0) is 31.2 Å². The second-order valence-corrected chi connectivity index (χ2v) is 6.25. The van der Waals surface area contributed by atoms with Crippen molar-refractivity contribution in [2.75, 3.05) is 17.7 Å². The quantitative estimate of drug-likeness (QED) is 0.653. The van der Waals surface area contributed by atoms with E-state index in [0.29, 0.717) is 22.6 Å². The van der Waals surface area contributed by atoms with Crippen LogP contribution in [0.1, 0.15) is 6.92 Å². The average molecular weight is 363 g/mol. The van der Waals surface area contributed by atoms with Crippen LogP contribution in [0.25, 0.3) is 11.0 Å². The molecule has 0 saturated carbocycles. The number of imidazole rings is 1. The molecular formula is C16H15ClN4O2S. The SMILES string of the molecule is CCOc1ccc2nc(SCC(=O)Nc3ccc(Cl)cn3)[nH]c2c1. The largest absolute Gasteiger partial charge is 0.494 e. The third-order valence-electron chi connectivity index (χ3n) is 3.08. The molecule has 0 radical (unpaired) electrons. The number of pyridine rings is 1. The van der Waals surface area contributed by atoms with Gasteiger partial charge < -0.3 is 15.0 Å². The van der Waals surface area contributed by atoms with Crippen molar-refractivity contribution in [3.05, 3.63) is 41.6 Å². The van der Waals surface area contributed by atoms with Crippen LogP contribution in [-0.4, -0.2) is 33.2 Å². The second-order valence-electron chi connectivity index (χ2n) is 4.85. The molecule has 2 heterocycles. The normalized spacial score (nSPS) is 10.8. The van der Waals surface area contributed by atoms with Crippen LogP contribution in [0.5, 0.6) is 5.75 Å². The molecule has 1 aromatic carbocycles. The van der Waals surface area contributed by atoms with Crippen molar-refractivity contribution >= 4 is 46.1 Å². The van der Waals surface area contributed by atoms with E-state index in [4.69, 9.17) is 16.3 Å². The monoisotopic (exact) mass is 362 g/mol. The van der Waals surface area contributed by atoms with E-state index in [0.717, 1.165) is 16.8 Å². The molecular weight excluding hydrogens is 348 g/mol. The molecule has 124 valence electrons. The Labute approximate surface area is 148 Å². The fraction of sp³-hybridized carbons (Fsp3) is 0.188. The van der Waals surface area contributed by atoms with Crippen molar-refractivity contribution in [1.29, 1.82) is 0 Å². The first kappa shape index (κ1) is 16.6. The number of benzene rings is 1. The Hall–Kier alpha value is -2.25. The number of nitrogens with one attached hydrogen (secondary N) is 2. The number of nitrogens with zero attached hydrogens (tertiary/aromatic N) is 2. The lowest BCUT2D eigenvalue weighted by atomic mass is 10.3. The van der Waals surface area contributed by atoms with E-state index in [1.54, 1.807) is 12.1 Å². The minimum Gasteiger partial charge on any atom is -0.494 e. The summed E-state index contributed by atoms with van der Waals surface area (Å²) in [5.41, 5.74) is 1.71. The summed E-state index contributed by atoms with van der Waals surface area (Å²) in [5.74, 6) is 1.32. The maximum atomic E-state index is 12.0. The summed E-state index contributed by atoms with van der Waals surface area (Å²) in [5, 5.41) is 3.91. The smallest absolute Gasteiger partial charge is 0.236 e. The van der Waals surface area contributed by atoms with Gasteiger partial charge in [-0.1, -0.05) is 23.4 Å². The number of hydrogen-bond acceptors (Lipinski definition) is 5. The van der Waals surface area contributed by atoms with Crippen LogP contribution in [0.15, 0.2) is 41.7 Å². The molecule has 6 nitrogen and oxygen atoms in total. The van der Waals surface area contributed by atoms with Gasteiger partial charge >= 0.3 is 0 Å². The van der Waals surface area contributed by atoms with Crippen molar-refractivity contribution in [1.82, 2.24) is 15.0 Å². The number of aromatic amines is 1. The van der Waals surface area contributed by atoms with Crippen LogP contribution in [0.3, 0.4) is 0 Å². The molecule has 0 fully saturated rings. The molecule has 2 N–H and O–H groups in total. The Morgan fingerprint density at radius 2 is 2.25 bits per heavy atom. The predicted octanol–water partition coefficient (Wildman–Crippen LogP) is 3.74. The predicted molar refractivity (Wildman–Crippen MR) is 95.9 cm³/mol. The van der Waals surface area contributed by atoms with Gasteiger partial charge in [0.05, 0.1) is 28.4 Å². The summed E-state index contributed by atoms with van der Waals surface area (Å²) in [6.07, 6.45) is 1.49. The maximum absolute atomic E-state index is 12.0. The van der Waals surface area contributed by atoms with E-state index in [1.165, 1.54) is 18.0 Å². The lowest BCUT2D eigenvalue weighted by molar-refractivity contribution is -0.113. The number of amides is 1. The van der Waals surface area contributed by atoms with Gasteiger partial charge in [-0.25, -0.2) is 9.97 Å². The lowest BCUT2D eigenvalue weighted by Gasteiger charge is -2.03. The Bertz CT molecular complexity index is 851. The number of thioether (sulfide) groups is 1. The van der Waals surface area contributed by atoms with E-state index >= 15 is 0 Å². The molecule has 0 unspecified atom stereocenters. The van der Waals surface area contributed by atoms with Crippen molar-refractivity contribution in [2.45, 2.75) is 12.1 Å². The number of anilines is 1. The third kappa shape index (κ3) is 4.18. The van der Waals surface area contributed by atoms with E-state index in [-0.39, 0.29) is 11.7 Å². The Morgan fingerprint density at radius 1 is 1.38 bits per heavy atom. The summed E-state index contributed by atoms with van der Waals surface area (Å²) in [7, 11) is 0. The number of H-pyrrole nitrogens is 1. The van der Waals surface area contributed by atoms with Gasteiger partial charge in [0, 0.05) is 12.3 Å². The van der Waals surface area contributed by atoms with E-state index < -0.39 is 0 Å². The molecule has 2 aromatic heterocycles. The number of halogens is 1. The summed E-state index contributed by atoms with van der Waals surface area (Å²) < 4.78 is 5.46. The molecule has 0 aliphatic carbocycles. The summed E-state index contributed by atoms with van der Waals surface area (Å²) >= 11 is 7.08. The van der Waals surface area contributed by atoms with Gasteiger partial charge in [0.25, 0.3) is 0 Å². The number of ether oxygens (including phenoxy) is 1. The molecule has 24 heavy (non-hydrogen) atoms. The topological polar surface area (TPSA) is 79.9 Å². The number of carbonyl (C=O) groups excluding carboxylic acids is 1. The number of fused-ring (bicyclic) bond motifs is 1. The van der Waals surface area contributed by atoms with Crippen LogP contribution >= 0.6 is 23.4 Å². The maximum Gasteiger partial charge on any atom is 0.236 e. The Kier molecular flexibility index (Phi) is 5.22. The fourth-order valence-corrected chi connectivity index (χ4v) is 2.85. The molecule has 3 aromatic rings. The van der Waals surface area contributed by atoms with E-state index in [9.17, 15) is 4.79 Å². The summed E-state index contributed by atoms with van der Waals surface area (Å²) in [6, 6.07) is 8.99. The van der Waals surface area contributed by atoms with Gasteiger partial charge in [0.15, 0.2) is 5.16 Å². The number of hydrogen-bond donors (Lipinski definition) is 2. The van der Waals surface area contributed by atoms with Gasteiger partial charge in [0.2, 0.25) is 5.91 Å². The minimum absolute atomic E-state index is 0.162. The molecule has 0 spiro atoms. The summed E-state index contributed by atoms with van der Waals surface area (Å²) in [4.78, 5) is 23.6. The van der Waals surface area contributed by atoms with Gasteiger partial charge in [-0.2, -0.15) is 0 Å². The summed E-state index contributed by atoms with van der Waals surface area (Å²) in [6.45, 7) is 2.55. The van der Waals surface area contributed by atoms with E-state index in [1.807, 2.05) is 25.1 Å². The van der Waals surface area contributed by atoms with Gasteiger partial charge in [-0.15, -0.1) is 0 Å². The lowest BCUT2D eigenvalue weighted by Crippen LogP contribution is -2.14. The standard InChI is InChI=1S/C16H15ClN4O2S/c1-2-23-11-4-5-12-13(7-11)20-16(19-12)24-9-15(22)21-14-6-3-10(17)8-18-14/h3-8H,2,9H2,1H3,(H,19,20)(H,18,21,22). The Balaban J connectivity index is 1.60. The van der Waals surface area contributed by atoms with Crippen LogP contribution in [-0.2, 0) is 4.79 Å². The highest BCUT2D eigenvalue weighted by Crippen LogP contribution is 2.23. The minimum atomic E-state index is -0.162. The fourth-order valence-electron chi connectivity index (χ4n) is 2.05. The highest BCUT2D eigenvalue weighted by atomic mass is 35.5. The molecule has 0 aliphatic rings. The molecule has 8 heteroatoms.